The maximum atomic E-state index is 5.80. The Morgan fingerprint density at radius 1 is 1.39 bits per heavy atom. The van der Waals surface area contributed by atoms with Gasteiger partial charge in [-0.3, -0.25) is 9.88 Å². The van der Waals surface area contributed by atoms with Crippen molar-refractivity contribution in [2.24, 2.45) is 5.73 Å². The molecule has 2 N–H and O–H groups in total. The monoisotopic (exact) mass is 243 g/mol. The largest absolute Gasteiger partial charge is 0.325 e. The molecule has 0 aromatic carbocycles. The van der Waals surface area contributed by atoms with Crippen molar-refractivity contribution in [1.29, 1.82) is 0 Å². The summed E-state index contributed by atoms with van der Waals surface area (Å²) in [4.78, 5) is 11.1. The third-order valence-electron chi connectivity index (χ3n) is 3.39. The fraction of sp³-hybridized carbons (Fsp3) is 0.385. The Morgan fingerprint density at radius 3 is 3.00 bits per heavy atom. The highest BCUT2D eigenvalue weighted by Gasteiger charge is 2.22. The molecule has 2 aromatic rings. The molecule has 5 nitrogen and oxygen atoms in total. The number of imidazole rings is 1. The van der Waals surface area contributed by atoms with Crippen molar-refractivity contribution in [3.63, 3.8) is 0 Å². The van der Waals surface area contributed by atoms with E-state index in [1.54, 1.807) is 6.20 Å². The molecule has 5 heteroatoms. The number of hydrogen-bond acceptors (Lipinski definition) is 4. The van der Waals surface area contributed by atoms with E-state index in [2.05, 4.69) is 26.5 Å². The van der Waals surface area contributed by atoms with Crippen molar-refractivity contribution in [3.05, 3.63) is 35.9 Å². The van der Waals surface area contributed by atoms with Crippen LogP contribution < -0.4 is 5.73 Å². The second-order valence-electron chi connectivity index (χ2n) is 4.66. The number of hydrogen-bond donors (Lipinski definition) is 1. The number of pyridine rings is 1. The van der Waals surface area contributed by atoms with Crippen LogP contribution in [0.4, 0.5) is 0 Å². The molecule has 1 aliphatic heterocycles. The normalized spacial score (nSPS) is 15.7. The number of aromatic nitrogens is 3. The van der Waals surface area contributed by atoms with E-state index in [1.807, 2.05) is 18.3 Å². The van der Waals surface area contributed by atoms with Crippen molar-refractivity contribution in [1.82, 2.24) is 19.4 Å². The van der Waals surface area contributed by atoms with Crippen LogP contribution in [-0.2, 0) is 19.6 Å². The third kappa shape index (κ3) is 1.81. The van der Waals surface area contributed by atoms with E-state index >= 15 is 0 Å². The number of nitrogens with zero attached hydrogens (tertiary/aromatic N) is 4. The first-order valence-electron chi connectivity index (χ1n) is 6.17. The molecule has 18 heavy (non-hydrogen) atoms. The van der Waals surface area contributed by atoms with E-state index in [0.717, 1.165) is 36.7 Å². The van der Waals surface area contributed by atoms with Gasteiger partial charge in [0.05, 0.1) is 11.4 Å². The summed E-state index contributed by atoms with van der Waals surface area (Å²) < 4.78 is 2.28. The Balaban J connectivity index is 2.12. The number of likely N-dealkylation sites (N-methyl/N-ethyl adjacent to an activating group) is 1. The van der Waals surface area contributed by atoms with Crippen LogP contribution in [0.3, 0.4) is 0 Å². The van der Waals surface area contributed by atoms with Gasteiger partial charge in [-0.25, -0.2) is 4.98 Å². The van der Waals surface area contributed by atoms with E-state index in [-0.39, 0.29) is 0 Å². The molecular weight excluding hydrogens is 226 g/mol. The minimum Gasteiger partial charge on any atom is -0.325 e. The number of nitrogens with two attached hydrogens (primary N) is 1. The zero-order valence-electron chi connectivity index (χ0n) is 10.5. The molecule has 0 unspecified atom stereocenters. The van der Waals surface area contributed by atoms with Gasteiger partial charge in [0.25, 0.3) is 0 Å². The smallest absolute Gasteiger partial charge is 0.142 e. The van der Waals surface area contributed by atoms with Gasteiger partial charge in [-0.05, 0) is 19.2 Å². The van der Waals surface area contributed by atoms with Crippen LogP contribution >= 0.6 is 0 Å². The lowest BCUT2D eigenvalue weighted by atomic mass is 10.2. The number of fused-ring (bicyclic) bond motifs is 1. The lowest BCUT2D eigenvalue weighted by molar-refractivity contribution is 0.270. The van der Waals surface area contributed by atoms with Crippen molar-refractivity contribution < 1.29 is 0 Å². The highest BCUT2D eigenvalue weighted by Crippen LogP contribution is 2.25. The lowest BCUT2D eigenvalue weighted by Crippen LogP contribution is -2.31. The molecule has 0 bridgehead atoms. The average molecular weight is 243 g/mol. The summed E-state index contributed by atoms with van der Waals surface area (Å²) in [6, 6.07) is 3.98. The van der Waals surface area contributed by atoms with Crippen LogP contribution in [0, 0.1) is 0 Å². The van der Waals surface area contributed by atoms with Gasteiger partial charge in [0.1, 0.15) is 5.82 Å². The average Bonchev–Trinajstić information content (AvgIpc) is 2.77. The van der Waals surface area contributed by atoms with E-state index < -0.39 is 0 Å². The maximum Gasteiger partial charge on any atom is 0.142 e. The molecule has 0 aliphatic carbocycles. The van der Waals surface area contributed by atoms with Crippen molar-refractivity contribution >= 4 is 0 Å². The molecule has 0 atom stereocenters. The van der Waals surface area contributed by atoms with Gasteiger partial charge >= 0.3 is 0 Å². The summed E-state index contributed by atoms with van der Waals surface area (Å²) in [7, 11) is 2.13. The quantitative estimate of drug-likeness (QED) is 0.849. The molecule has 0 spiro atoms. The van der Waals surface area contributed by atoms with Gasteiger partial charge in [-0.1, -0.05) is 0 Å². The Labute approximate surface area is 106 Å². The number of rotatable bonds is 2. The van der Waals surface area contributed by atoms with Crippen molar-refractivity contribution in [2.45, 2.75) is 19.6 Å². The Morgan fingerprint density at radius 2 is 2.28 bits per heavy atom. The SMILES string of the molecule is CN1CCn2c(-c3cccnc3)nc(CN)c2C1. The molecule has 0 saturated carbocycles. The molecule has 0 amide bonds. The summed E-state index contributed by atoms with van der Waals surface area (Å²) in [6.45, 7) is 3.41. The van der Waals surface area contributed by atoms with Crippen LogP contribution in [0.5, 0.6) is 0 Å². The topological polar surface area (TPSA) is 60.0 Å². The lowest BCUT2D eigenvalue weighted by Gasteiger charge is -2.25. The van der Waals surface area contributed by atoms with Gasteiger partial charge in [0.2, 0.25) is 0 Å². The van der Waals surface area contributed by atoms with Crippen LogP contribution in [0.25, 0.3) is 11.4 Å². The first kappa shape index (κ1) is 11.4. The molecule has 0 saturated heterocycles. The summed E-state index contributed by atoms with van der Waals surface area (Å²) in [5.74, 6) is 0.992. The molecule has 3 rings (SSSR count). The Hall–Kier alpha value is -1.72. The van der Waals surface area contributed by atoms with Gasteiger partial charge < -0.3 is 10.3 Å². The van der Waals surface area contributed by atoms with Gasteiger partial charge in [0, 0.05) is 44.1 Å². The summed E-state index contributed by atoms with van der Waals surface area (Å²) in [5, 5.41) is 0. The predicted molar refractivity (Wildman–Crippen MR) is 69.7 cm³/mol. The molecule has 3 heterocycles. The van der Waals surface area contributed by atoms with Crippen molar-refractivity contribution in [3.8, 4) is 11.4 Å². The van der Waals surface area contributed by atoms with E-state index in [1.165, 1.54) is 5.69 Å². The maximum absolute atomic E-state index is 5.80. The van der Waals surface area contributed by atoms with Crippen LogP contribution in [0.1, 0.15) is 11.4 Å². The standard InChI is InChI=1S/C13H17N5/c1-17-5-6-18-12(9-17)11(7-14)16-13(18)10-3-2-4-15-8-10/h2-4,8H,5-7,9,14H2,1H3. The van der Waals surface area contributed by atoms with Gasteiger partial charge in [-0.15, -0.1) is 0 Å². The first-order chi connectivity index (χ1) is 8.79. The van der Waals surface area contributed by atoms with Crippen LogP contribution in [0.2, 0.25) is 0 Å². The molecular formula is C13H17N5. The first-order valence-corrected chi connectivity index (χ1v) is 6.17. The third-order valence-corrected chi connectivity index (χ3v) is 3.39. The highest BCUT2D eigenvalue weighted by atomic mass is 15.2. The van der Waals surface area contributed by atoms with E-state index in [0.29, 0.717) is 6.54 Å². The van der Waals surface area contributed by atoms with Crippen LogP contribution in [0.15, 0.2) is 24.5 Å². The second kappa shape index (κ2) is 4.51. The molecule has 0 radical (unpaired) electrons. The predicted octanol–water partition coefficient (Wildman–Crippen LogP) is 0.849. The minimum atomic E-state index is 0.490. The Kier molecular flexibility index (Phi) is 2.85. The minimum absolute atomic E-state index is 0.490. The van der Waals surface area contributed by atoms with Gasteiger partial charge in [0.15, 0.2) is 0 Å². The molecule has 2 aromatic heterocycles. The fourth-order valence-electron chi connectivity index (χ4n) is 2.44. The fourth-order valence-corrected chi connectivity index (χ4v) is 2.44. The molecule has 0 fully saturated rings. The molecule has 1 aliphatic rings. The summed E-state index contributed by atoms with van der Waals surface area (Å²) >= 11 is 0. The Bertz CT molecular complexity index is 546. The van der Waals surface area contributed by atoms with E-state index in [4.69, 9.17) is 5.73 Å². The van der Waals surface area contributed by atoms with Crippen molar-refractivity contribution in [2.75, 3.05) is 13.6 Å². The van der Waals surface area contributed by atoms with Gasteiger partial charge in [-0.2, -0.15) is 0 Å². The second-order valence-corrected chi connectivity index (χ2v) is 4.66. The summed E-state index contributed by atoms with van der Waals surface area (Å²) in [5.41, 5.74) is 9.10. The molecule has 94 valence electrons. The highest BCUT2D eigenvalue weighted by molar-refractivity contribution is 5.55. The zero-order valence-corrected chi connectivity index (χ0v) is 10.5. The van der Waals surface area contributed by atoms with Crippen LogP contribution in [-0.4, -0.2) is 33.0 Å². The summed E-state index contributed by atoms with van der Waals surface area (Å²) in [6.07, 6.45) is 3.63. The van der Waals surface area contributed by atoms with E-state index in [9.17, 15) is 0 Å². The zero-order chi connectivity index (χ0) is 12.5.